The number of nitrogens with one attached hydrogen (secondary N) is 1. The molecular formula is C13H14F3NO. The topological polar surface area (TPSA) is 25.2 Å². The Morgan fingerprint density at radius 2 is 2.06 bits per heavy atom. The Hall–Kier alpha value is -1.49. The van der Waals surface area contributed by atoms with E-state index in [0.717, 1.165) is 5.39 Å². The monoisotopic (exact) mass is 257 g/mol. The molecule has 1 N–H and O–H groups in total. The van der Waals surface area contributed by atoms with Gasteiger partial charge in [0.15, 0.2) is 0 Å². The number of likely N-dealkylation sites (N-methyl/N-ethyl adjacent to an activating group) is 1. The van der Waals surface area contributed by atoms with Gasteiger partial charge in [0.1, 0.15) is 11.6 Å². The molecule has 0 fully saturated rings. The number of hydrogen-bond donors (Lipinski definition) is 1. The third-order valence-corrected chi connectivity index (χ3v) is 2.81. The highest BCUT2D eigenvalue weighted by Crippen LogP contribution is 2.25. The molecule has 98 valence electrons. The Kier molecular flexibility index (Phi) is 3.61. The van der Waals surface area contributed by atoms with Crippen molar-refractivity contribution in [1.29, 1.82) is 0 Å². The lowest BCUT2D eigenvalue weighted by Gasteiger charge is -2.20. The third kappa shape index (κ3) is 2.85. The molecule has 0 aliphatic heterocycles. The molecule has 2 nitrogen and oxygen atoms in total. The maximum absolute atomic E-state index is 12.8. The molecular weight excluding hydrogens is 243 g/mol. The van der Waals surface area contributed by atoms with E-state index in [1.165, 1.54) is 6.26 Å². The Bertz CT molecular complexity index is 518. The van der Waals surface area contributed by atoms with Crippen LogP contribution in [0.5, 0.6) is 0 Å². The van der Waals surface area contributed by atoms with Crippen molar-refractivity contribution in [3.8, 4) is 0 Å². The molecule has 5 heteroatoms. The number of rotatable bonds is 4. The molecule has 0 amide bonds. The molecule has 1 unspecified atom stereocenters. The summed E-state index contributed by atoms with van der Waals surface area (Å²) in [5.41, 5.74) is 1.23. The van der Waals surface area contributed by atoms with Crippen molar-refractivity contribution in [3.63, 3.8) is 0 Å². The first-order chi connectivity index (χ1) is 8.50. The van der Waals surface area contributed by atoms with Gasteiger partial charge in [-0.15, -0.1) is 0 Å². The van der Waals surface area contributed by atoms with Crippen LogP contribution in [-0.2, 0) is 6.42 Å². The van der Waals surface area contributed by atoms with Gasteiger partial charge in [0.25, 0.3) is 0 Å². The van der Waals surface area contributed by atoms with Crippen LogP contribution in [0.4, 0.5) is 13.2 Å². The summed E-state index contributed by atoms with van der Waals surface area (Å²) in [6.45, 7) is 1.95. The normalized spacial score (nSPS) is 14.0. The molecule has 1 aromatic heterocycles. The second-order valence-corrected chi connectivity index (χ2v) is 4.15. The first-order valence-electron chi connectivity index (χ1n) is 5.77. The standard InChI is InChI=1S/C13H14F3NO/c1-2-17-12(13(14,15)16)8-9-3-4-10-5-6-18-11(10)7-9/h3-7,12,17H,2,8H2,1H3. The summed E-state index contributed by atoms with van der Waals surface area (Å²) in [4.78, 5) is 0. The molecule has 0 bridgehead atoms. The van der Waals surface area contributed by atoms with E-state index in [1.807, 2.05) is 0 Å². The quantitative estimate of drug-likeness (QED) is 0.906. The summed E-state index contributed by atoms with van der Waals surface area (Å²) in [6.07, 6.45) is -2.80. The summed E-state index contributed by atoms with van der Waals surface area (Å²) >= 11 is 0. The average Bonchev–Trinajstić information content (AvgIpc) is 2.74. The summed E-state index contributed by atoms with van der Waals surface area (Å²) in [5.74, 6) is 0. The molecule has 0 saturated carbocycles. The molecule has 0 saturated heterocycles. The van der Waals surface area contributed by atoms with Crippen molar-refractivity contribution in [2.24, 2.45) is 0 Å². The van der Waals surface area contributed by atoms with Crippen molar-refractivity contribution in [2.45, 2.75) is 25.6 Å². The first kappa shape index (κ1) is 13.0. The molecule has 0 spiro atoms. The van der Waals surface area contributed by atoms with Crippen LogP contribution in [0.25, 0.3) is 11.0 Å². The number of hydrogen-bond acceptors (Lipinski definition) is 2. The Balaban J connectivity index is 2.19. The van der Waals surface area contributed by atoms with Gasteiger partial charge in [-0.1, -0.05) is 19.1 Å². The zero-order valence-corrected chi connectivity index (χ0v) is 9.92. The first-order valence-corrected chi connectivity index (χ1v) is 5.77. The van der Waals surface area contributed by atoms with E-state index < -0.39 is 12.2 Å². The smallest absolute Gasteiger partial charge is 0.404 e. The molecule has 0 aliphatic rings. The fourth-order valence-corrected chi connectivity index (χ4v) is 1.91. The number of alkyl halides is 3. The Labute approximate surface area is 103 Å². The van der Waals surface area contributed by atoms with Gasteiger partial charge >= 0.3 is 6.18 Å². The van der Waals surface area contributed by atoms with Crippen LogP contribution in [0.2, 0.25) is 0 Å². The number of benzene rings is 1. The zero-order valence-electron chi connectivity index (χ0n) is 9.92. The summed E-state index contributed by atoms with van der Waals surface area (Å²) in [5, 5.41) is 3.35. The zero-order chi connectivity index (χ0) is 13.2. The van der Waals surface area contributed by atoms with Gasteiger partial charge in [0, 0.05) is 5.39 Å². The third-order valence-electron chi connectivity index (χ3n) is 2.81. The van der Waals surface area contributed by atoms with Crippen molar-refractivity contribution in [2.75, 3.05) is 6.54 Å². The van der Waals surface area contributed by atoms with E-state index in [4.69, 9.17) is 4.42 Å². The largest absolute Gasteiger partial charge is 0.464 e. The summed E-state index contributed by atoms with van der Waals surface area (Å²) in [7, 11) is 0. The average molecular weight is 257 g/mol. The summed E-state index contributed by atoms with van der Waals surface area (Å²) < 4.78 is 43.5. The highest BCUT2D eigenvalue weighted by molar-refractivity contribution is 5.77. The van der Waals surface area contributed by atoms with Gasteiger partial charge in [-0.3, -0.25) is 0 Å². The Morgan fingerprint density at radius 1 is 1.28 bits per heavy atom. The fraction of sp³-hybridized carbons (Fsp3) is 0.385. The minimum Gasteiger partial charge on any atom is -0.464 e. The van der Waals surface area contributed by atoms with E-state index >= 15 is 0 Å². The van der Waals surface area contributed by atoms with Crippen LogP contribution in [0.3, 0.4) is 0 Å². The van der Waals surface area contributed by atoms with Crippen LogP contribution in [0.15, 0.2) is 34.9 Å². The van der Waals surface area contributed by atoms with Crippen LogP contribution in [0, 0.1) is 0 Å². The van der Waals surface area contributed by atoms with Crippen LogP contribution in [0.1, 0.15) is 12.5 Å². The van der Waals surface area contributed by atoms with Gasteiger partial charge in [-0.05, 0) is 30.7 Å². The molecule has 2 aromatic rings. The van der Waals surface area contributed by atoms with Gasteiger partial charge in [0.05, 0.1) is 6.26 Å². The molecule has 1 atom stereocenters. The molecule has 0 aliphatic carbocycles. The van der Waals surface area contributed by atoms with E-state index in [9.17, 15) is 13.2 Å². The van der Waals surface area contributed by atoms with Crippen molar-refractivity contribution in [3.05, 3.63) is 36.1 Å². The maximum atomic E-state index is 12.8. The lowest BCUT2D eigenvalue weighted by atomic mass is 10.0. The van der Waals surface area contributed by atoms with Crippen LogP contribution >= 0.6 is 0 Å². The second-order valence-electron chi connectivity index (χ2n) is 4.15. The SMILES string of the molecule is CCNC(Cc1ccc2ccoc2c1)C(F)(F)F. The molecule has 1 aromatic carbocycles. The number of halogens is 3. The van der Waals surface area contributed by atoms with Gasteiger partial charge in [0.2, 0.25) is 0 Å². The van der Waals surface area contributed by atoms with Gasteiger partial charge in [-0.25, -0.2) is 0 Å². The minimum atomic E-state index is -4.24. The van der Waals surface area contributed by atoms with Crippen molar-refractivity contribution in [1.82, 2.24) is 5.32 Å². The van der Waals surface area contributed by atoms with E-state index in [1.54, 1.807) is 31.2 Å². The van der Waals surface area contributed by atoms with E-state index in [2.05, 4.69) is 5.32 Å². The molecule has 1 heterocycles. The highest BCUT2D eigenvalue weighted by atomic mass is 19.4. The fourth-order valence-electron chi connectivity index (χ4n) is 1.91. The van der Waals surface area contributed by atoms with E-state index in [-0.39, 0.29) is 13.0 Å². The van der Waals surface area contributed by atoms with Crippen molar-refractivity contribution < 1.29 is 17.6 Å². The molecule has 18 heavy (non-hydrogen) atoms. The highest BCUT2D eigenvalue weighted by Gasteiger charge is 2.38. The number of furan rings is 1. The predicted molar refractivity (Wildman–Crippen MR) is 63.4 cm³/mol. The van der Waals surface area contributed by atoms with Crippen molar-refractivity contribution >= 4 is 11.0 Å². The second kappa shape index (κ2) is 5.02. The maximum Gasteiger partial charge on any atom is 0.404 e. The Morgan fingerprint density at radius 3 is 2.72 bits per heavy atom. The lowest BCUT2D eigenvalue weighted by Crippen LogP contribution is -2.43. The van der Waals surface area contributed by atoms with Crippen LogP contribution < -0.4 is 5.32 Å². The van der Waals surface area contributed by atoms with Gasteiger partial charge in [-0.2, -0.15) is 13.2 Å². The minimum absolute atomic E-state index is 0.0893. The summed E-state index contributed by atoms with van der Waals surface area (Å²) in [6, 6.07) is 5.40. The van der Waals surface area contributed by atoms with Crippen LogP contribution in [-0.4, -0.2) is 18.8 Å². The predicted octanol–water partition coefficient (Wildman–Crippen LogP) is 3.52. The molecule has 2 rings (SSSR count). The van der Waals surface area contributed by atoms with E-state index in [0.29, 0.717) is 11.1 Å². The van der Waals surface area contributed by atoms with Gasteiger partial charge < -0.3 is 9.73 Å². The number of fused-ring (bicyclic) bond motifs is 1. The lowest BCUT2D eigenvalue weighted by molar-refractivity contribution is -0.155. The molecule has 0 radical (unpaired) electrons.